The summed E-state index contributed by atoms with van der Waals surface area (Å²) in [6, 6.07) is 14.2. The van der Waals surface area contributed by atoms with Gasteiger partial charge in [0, 0.05) is 12.4 Å². The van der Waals surface area contributed by atoms with Crippen LogP contribution in [-0.2, 0) is 26.1 Å². The first-order valence-corrected chi connectivity index (χ1v) is 11.6. The molecular formula is C21H20N2O6S2. The van der Waals surface area contributed by atoms with Crippen molar-refractivity contribution >= 4 is 39.0 Å². The second kappa shape index (κ2) is 9.71. The number of thiazole rings is 1. The summed E-state index contributed by atoms with van der Waals surface area (Å²) >= 11 is 1.10. The third-order valence-corrected chi connectivity index (χ3v) is 6.89. The second-order valence-electron chi connectivity index (χ2n) is 6.27. The largest absolute Gasteiger partial charge is 0.461 e. The van der Waals surface area contributed by atoms with E-state index in [1.165, 1.54) is 35.6 Å². The molecule has 0 amide bonds. The Morgan fingerprint density at radius 1 is 1.00 bits per heavy atom. The van der Waals surface area contributed by atoms with E-state index in [-0.39, 0.29) is 28.7 Å². The predicted molar refractivity (Wildman–Crippen MR) is 116 cm³/mol. The molecule has 1 aromatic heterocycles. The Bertz CT molecular complexity index is 1160. The number of benzene rings is 2. The van der Waals surface area contributed by atoms with Crippen LogP contribution >= 0.6 is 11.3 Å². The molecule has 0 unspecified atom stereocenters. The first-order chi connectivity index (χ1) is 14.8. The SMILES string of the molecule is CCOC(=O)c1nc(COC(=O)c2ccc(S(=O)(=O)N(C)c3ccccc3)cc2)cs1. The van der Waals surface area contributed by atoms with Gasteiger partial charge in [-0.1, -0.05) is 18.2 Å². The van der Waals surface area contributed by atoms with Crippen LogP contribution in [0.5, 0.6) is 0 Å². The highest BCUT2D eigenvalue weighted by molar-refractivity contribution is 7.92. The molecule has 31 heavy (non-hydrogen) atoms. The molecule has 0 fully saturated rings. The number of nitrogens with zero attached hydrogens (tertiary/aromatic N) is 2. The first kappa shape index (κ1) is 22.4. The van der Waals surface area contributed by atoms with E-state index in [0.29, 0.717) is 11.4 Å². The van der Waals surface area contributed by atoms with Crippen molar-refractivity contribution in [2.45, 2.75) is 18.4 Å². The molecule has 10 heteroatoms. The lowest BCUT2D eigenvalue weighted by Gasteiger charge is -2.19. The molecule has 162 valence electrons. The van der Waals surface area contributed by atoms with Crippen LogP contribution in [-0.4, -0.2) is 39.0 Å². The van der Waals surface area contributed by atoms with Gasteiger partial charge in [0.15, 0.2) is 0 Å². The van der Waals surface area contributed by atoms with Crippen LogP contribution in [0.2, 0.25) is 0 Å². The van der Waals surface area contributed by atoms with Crippen molar-refractivity contribution in [3.05, 3.63) is 76.2 Å². The molecule has 0 aliphatic rings. The molecule has 0 spiro atoms. The number of hydrogen-bond acceptors (Lipinski definition) is 8. The van der Waals surface area contributed by atoms with Gasteiger partial charge in [-0.05, 0) is 43.3 Å². The van der Waals surface area contributed by atoms with Crippen molar-refractivity contribution in [1.29, 1.82) is 0 Å². The summed E-state index contributed by atoms with van der Waals surface area (Å²) in [5.41, 5.74) is 1.14. The van der Waals surface area contributed by atoms with E-state index in [0.717, 1.165) is 11.3 Å². The van der Waals surface area contributed by atoms with Crippen molar-refractivity contribution in [1.82, 2.24) is 4.98 Å². The van der Waals surface area contributed by atoms with Gasteiger partial charge in [-0.25, -0.2) is 23.0 Å². The van der Waals surface area contributed by atoms with Gasteiger partial charge in [0.1, 0.15) is 6.61 Å². The minimum Gasteiger partial charge on any atom is -0.461 e. The molecule has 0 bridgehead atoms. The van der Waals surface area contributed by atoms with Crippen molar-refractivity contribution in [3.63, 3.8) is 0 Å². The van der Waals surface area contributed by atoms with Crippen molar-refractivity contribution in [2.24, 2.45) is 0 Å². The minimum absolute atomic E-state index is 0.0500. The maximum absolute atomic E-state index is 12.8. The van der Waals surface area contributed by atoms with Crippen LogP contribution < -0.4 is 4.31 Å². The first-order valence-electron chi connectivity index (χ1n) is 9.25. The molecule has 0 N–H and O–H groups in total. The average molecular weight is 461 g/mol. The maximum atomic E-state index is 12.8. The van der Waals surface area contributed by atoms with Gasteiger partial charge in [-0.2, -0.15) is 0 Å². The number of carbonyl (C=O) groups is 2. The number of anilines is 1. The zero-order valence-corrected chi connectivity index (χ0v) is 18.5. The maximum Gasteiger partial charge on any atom is 0.367 e. The number of ether oxygens (including phenoxy) is 2. The highest BCUT2D eigenvalue weighted by Crippen LogP contribution is 2.22. The van der Waals surface area contributed by atoms with E-state index >= 15 is 0 Å². The van der Waals surface area contributed by atoms with Crippen LogP contribution in [0.1, 0.15) is 32.8 Å². The average Bonchev–Trinajstić information content (AvgIpc) is 3.27. The molecule has 3 rings (SSSR count). The van der Waals surface area contributed by atoms with Crippen LogP contribution in [0.4, 0.5) is 5.69 Å². The highest BCUT2D eigenvalue weighted by Gasteiger charge is 2.22. The Kier molecular flexibility index (Phi) is 7.03. The van der Waals surface area contributed by atoms with Crippen molar-refractivity contribution in [3.8, 4) is 0 Å². The number of para-hydroxylation sites is 1. The van der Waals surface area contributed by atoms with Gasteiger partial charge in [0.2, 0.25) is 5.01 Å². The monoisotopic (exact) mass is 460 g/mol. The molecule has 1 heterocycles. The van der Waals surface area contributed by atoms with E-state index < -0.39 is 22.0 Å². The number of hydrogen-bond donors (Lipinski definition) is 0. The van der Waals surface area contributed by atoms with Gasteiger partial charge < -0.3 is 9.47 Å². The lowest BCUT2D eigenvalue weighted by atomic mass is 10.2. The second-order valence-corrected chi connectivity index (χ2v) is 9.10. The van der Waals surface area contributed by atoms with Gasteiger partial charge in [-0.15, -0.1) is 11.3 Å². The fourth-order valence-electron chi connectivity index (χ4n) is 2.58. The highest BCUT2D eigenvalue weighted by atomic mass is 32.2. The molecule has 0 aliphatic carbocycles. The summed E-state index contributed by atoms with van der Waals surface area (Å²) in [5, 5.41) is 1.79. The van der Waals surface area contributed by atoms with Gasteiger partial charge >= 0.3 is 11.9 Å². The number of sulfonamides is 1. The molecule has 0 saturated heterocycles. The lowest BCUT2D eigenvalue weighted by molar-refractivity contribution is 0.0468. The third kappa shape index (κ3) is 5.28. The third-order valence-electron chi connectivity index (χ3n) is 4.22. The van der Waals surface area contributed by atoms with Crippen LogP contribution in [0.3, 0.4) is 0 Å². The van der Waals surface area contributed by atoms with Gasteiger partial charge in [-0.3, -0.25) is 4.31 Å². The zero-order valence-electron chi connectivity index (χ0n) is 16.8. The summed E-state index contributed by atoms with van der Waals surface area (Å²) < 4.78 is 36.8. The Morgan fingerprint density at radius 3 is 2.32 bits per heavy atom. The minimum atomic E-state index is -3.77. The van der Waals surface area contributed by atoms with Gasteiger partial charge in [0.25, 0.3) is 10.0 Å². The Hall–Kier alpha value is -3.24. The summed E-state index contributed by atoms with van der Waals surface area (Å²) in [4.78, 5) is 28.0. The summed E-state index contributed by atoms with van der Waals surface area (Å²) in [7, 11) is -2.31. The van der Waals surface area contributed by atoms with Crippen LogP contribution in [0.25, 0.3) is 0 Å². The lowest BCUT2D eigenvalue weighted by Crippen LogP contribution is -2.26. The number of rotatable bonds is 8. The molecule has 8 nitrogen and oxygen atoms in total. The van der Waals surface area contributed by atoms with Gasteiger partial charge in [0.05, 0.1) is 28.4 Å². The van der Waals surface area contributed by atoms with E-state index in [1.807, 2.05) is 0 Å². The normalized spacial score (nSPS) is 11.0. The Balaban J connectivity index is 1.64. The number of esters is 2. The quantitative estimate of drug-likeness (QED) is 0.474. The summed E-state index contributed by atoms with van der Waals surface area (Å²) in [5.74, 6) is -1.16. The molecule has 2 aromatic carbocycles. The van der Waals surface area contributed by atoms with Crippen molar-refractivity contribution in [2.75, 3.05) is 18.0 Å². The van der Waals surface area contributed by atoms with E-state index in [1.54, 1.807) is 42.6 Å². The zero-order chi connectivity index (χ0) is 22.4. The van der Waals surface area contributed by atoms with E-state index in [4.69, 9.17) is 9.47 Å². The fraction of sp³-hybridized carbons (Fsp3) is 0.190. The smallest absolute Gasteiger partial charge is 0.367 e. The molecule has 0 radical (unpaired) electrons. The Morgan fingerprint density at radius 2 is 1.68 bits per heavy atom. The molecule has 0 aliphatic heterocycles. The van der Waals surface area contributed by atoms with Crippen molar-refractivity contribution < 1.29 is 27.5 Å². The fourth-order valence-corrected chi connectivity index (χ4v) is 4.47. The van der Waals surface area contributed by atoms with Crippen LogP contribution in [0, 0.1) is 0 Å². The number of carbonyl (C=O) groups excluding carboxylic acids is 2. The molecular weight excluding hydrogens is 440 g/mol. The standard InChI is InChI=1S/C21H20N2O6S2/c1-3-28-21(25)19-22-16(14-30-19)13-29-20(24)15-9-11-18(12-10-15)31(26,27)23(2)17-7-5-4-6-8-17/h4-12,14H,3,13H2,1-2H3. The molecule has 0 saturated carbocycles. The molecule has 3 aromatic rings. The van der Waals surface area contributed by atoms with E-state index in [2.05, 4.69) is 4.98 Å². The predicted octanol–water partition coefficient (Wildman–Crippen LogP) is 3.50. The van der Waals surface area contributed by atoms with E-state index in [9.17, 15) is 18.0 Å². The summed E-state index contributed by atoms with van der Waals surface area (Å²) in [6.45, 7) is 1.82. The summed E-state index contributed by atoms with van der Waals surface area (Å²) in [6.07, 6.45) is 0. The topological polar surface area (TPSA) is 103 Å². The number of aromatic nitrogens is 1. The Labute approximate surface area is 184 Å². The molecule has 0 atom stereocenters. The van der Waals surface area contributed by atoms with Crippen LogP contribution in [0.15, 0.2) is 64.9 Å².